The van der Waals surface area contributed by atoms with Crippen LogP contribution in [-0.4, -0.2) is 67.3 Å². The highest BCUT2D eigenvalue weighted by molar-refractivity contribution is 5.74. The third-order valence-electron chi connectivity index (χ3n) is 5.20. The molecular formula is C16H29N3O2. The van der Waals surface area contributed by atoms with Crippen LogP contribution in [0.2, 0.25) is 0 Å². The highest BCUT2D eigenvalue weighted by atomic mass is 16.5. The molecule has 120 valence electrons. The van der Waals surface area contributed by atoms with Gasteiger partial charge in [0.25, 0.3) is 0 Å². The summed E-state index contributed by atoms with van der Waals surface area (Å²) in [4.78, 5) is 16.7. The number of nitrogens with zero attached hydrogens (tertiary/aromatic N) is 2. The molecule has 3 aliphatic rings. The standard InChI is InChI=1S/C16H29N3O2/c20-16(17-13-15-7-4-12-21-15)19-10-8-18(9-11-19)14-5-2-1-3-6-14/h14-15H,1-13H2,(H,17,20). The first-order valence-corrected chi connectivity index (χ1v) is 8.71. The van der Waals surface area contributed by atoms with Gasteiger partial charge in [0.2, 0.25) is 0 Å². The van der Waals surface area contributed by atoms with Crippen molar-refractivity contribution in [1.82, 2.24) is 15.1 Å². The van der Waals surface area contributed by atoms with Crippen molar-refractivity contribution in [2.75, 3.05) is 39.3 Å². The predicted octanol–water partition coefficient (Wildman–Crippen LogP) is 1.83. The lowest BCUT2D eigenvalue weighted by molar-refractivity contribution is 0.0852. The van der Waals surface area contributed by atoms with Crippen LogP contribution in [0.4, 0.5) is 4.79 Å². The highest BCUT2D eigenvalue weighted by Crippen LogP contribution is 2.23. The van der Waals surface area contributed by atoms with E-state index in [0.29, 0.717) is 6.54 Å². The smallest absolute Gasteiger partial charge is 0.317 e. The number of nitrogens with one attached hydrogen (secondary N) is 1. The summed E-state index contributed by atoms with van der Waals surface area (Å²) in [6, 6.07) is 0.865. The molecule has 0 aromatic heterocycles. The number of ether oxygens (including phenoxy) is 1. The quantitative estimate of drug-likeness (QED) is 0.864. The SMILES string of the molecule is O=C(NCC1CCCO1)N1CCN(C2CCCCC2)CC1. The fourth-order valence-corrected chi connectivity index (χ4v) is 3.85. The van der Waals surface area contributed by atoms with E-state index in [1.54, 1.807) is 0 Å². The normalized spacial score (nSPS) is 28.8. The molecule has 2 heterocycles. The summed E-state index contributed by atoms with van der Waals surface area (Å²) in [7, 11) is 0. The van der Waals surface area contributed by atoms with Crippen molar-refractivity contribution in [3.8, 4) is 0 Å². The Morgan fingerprint density at radius 3 is 2.43 bits per heavy atom. The van der Waals surface area contributed by atoms with Gasteiger partial charge in [0.15, 0.2) is 0 Å². The largest absolute Gasteiger partial charge is 0.376 e. The van der Waals surface area contributed by atoms with E-state index in [0.717, 1.165) is 51.7 Å². The Kier molecular flexibility index (Phi) is 5.36. The van der Waals surface area contributed by atoms with Crippen LogP contribution in [-0.2, 0) is 4.74 Å². The maximum atomic E-state index is 12.2. The third-order valence-corrected chi connectivity index (χ3v) is 5.20. The van der Waals surface area contributed by atoms with Crippen LogP contribution in [0.1, 0.15) is 44.9 Å². The molecule has 3 fully saturated rings. The average Bonchev–Trinajstić information content (AvgIpc) is 3.07. The molecule has 5 heteroatoms. The minimum absolute atomic E-state index is 0.0915. The Hall–Kier alpha value is -0.810. The summed E-state index contributed by atoms with van der Waals surface area (Å²) in [5, 5.41) is 3.03. The van der Waals surface area contributed by atoms with Crippen molar-refractivity contribution >= 4 is 6.03 Å². The van der Waals surface area contributed by atoms with Gasteiger partial charge in [-0.3, -0.25) is 4.90 Å². The van der Waals surface area contributed by atoms with Gasteiger partial charge in [-0.25, -0.2) is 4.79 Å². The zero-order valence-corrected chi connectivity index (χ0v) is 13.1. The van der Waals surface area contributed by atoms with Crippen molar-refractivity contribution in [1.29, 1.82) is 0 Å². The molecule has 1 unspecified atom stereocenters. The van der Waals surface area contributed by atoms with Crippen molar-refractivity contribution in [2.45, 2.75) is 57.1 Å². The summed E-state index contributed by atoms with van der Waals surface area (Å²) >= 11 is 0. The van der Waals surface area contributed by atoms with E-state index in [-0.39, 0.29) is 12.1 Å². The van der Waals surface area contributed by atoms with Gasteiger partial charge in [-0.05, 0) is 25.7 Å². The minimum Gasteiger partial charge on any atom is -0.376 e. The Morgan fingerprint density at radius 2 is 1.76 bits per heavy atom. The average molecular weight is 295 g/mol. The second-order valence-corrected chi connectivity index (χ2v) is 6.64. The van der Waals surface area contributed by atoms with E-state index in [9.17, 15) is 4.79 Å². The zero-order chi connectivity index (χ0) is 14.5. The number of piperazine rings is 1. The Morgan fingerprint density at radius 1 is 1.00 bits per heavy atom. The first kappa shape index (κ1) is 15.1. The van der Waals surface area contributed by atoms with Gasteiger partial charge in [-0.15, -0.1) is 0 Å². The molecular weight excluding hydrogens is 266 g/mol. The van der Waals surface area contributed by atoms with E-state index in [1.165, 1.54) is 32.1 Å². The molecule has 21 heavy (non-hydrogen) atoms. The summed E-state index contributed by atoms with van der Waals surface area (Å²) in [6.07, 6.45) is 9.31. The summed E-state index contributed by atoms with van der Waals surface area (Å²) < 4.78 is 5.55. The zero-order valence-electron chi connectivity index (χ0n) is 13.1. The molecule has 2 amide bonds. The van der Waals surface area contributed by atoms with Crippen LogP contribution in [0.25, 0.3) is 0 Å². The Labute approximate surface area is 128 Å². The maximum Gasteiger partial charge on any atom is 0.317 e. The summed E-state index contributed by atoms with van der Waals surface area (Å²) in [5.41, 5.74) is 0. The number of hydrogen-bond acceptors (Lipinski definition) is 3. The fraction of sp³-hybridized carbons (Fsp3) is 0.938. The molecule has 2 saturated heterocycles. The van der Waals surface area contributed by atoms with Gasteiger partial charge >= 0.3 is 6.03 Å². The van der Waals surface area contributed by atoms with Gasteiger partial charge in [0.1, 0.15) is 0 Å². The minimum atomic E-state index is 0.0915. The Balaban J connectivity index is 1.37. The summed E-state index contributed by atoms with van der Waals surface area (Å²) in [6.45, 7) is 5.33. The number of rotatable bonds is 3. The van der Waals surface area contributed by atoms with Crippen LogP contribution in [0, 0.1) is 0 Å². The van der Waals surface area contributed by atoms with E-state index in [1.807, 2.05) is 4.90 Å². The van der Waals surface area contributed by atoms with Gasteiger partial charge in [0, 0.05) is 45.4 Å². The molecule has 1 N–H and O–H groups in total. The van der Waals surface area contributed by atoms with Gasteiger partial charge < -0.3 is 15.0 Å². The monoisotopic (exact) mass is 295 g/mol. The lowest BCUT2D eigenvalue weighted by Gasteiger charge is -2.40. The molecule has 0 bridgehead atoms. The number of urea groups is 1. The number of amides is 2. The first-order valence-electron chi connectivity index (χ1n) is 8.71. The van der Waals surface area contributed by atoms with Gasteiger partial charge in [-0.2, -0.15) is 0 Å². The van der Waals surface area contributed by atoms with Crippen LogP contribution in [0.3, 0.4) is 0 Å². The molecule has 1 aliphatic carbocycles. The summed E-state index contributed by atoms with van der Waals surface area (Å²) in [5.74, 6) is 0. The highest BCUT2D eigenvalue weighted by Gasteiger charge is 2.27. The molecule has 1 atom stereocenters. The van der Waals surface area contributed by atoms with E-state index >= 15 is 0 Å². The van der Waals surface area contributed by atoms with Crippen molar-refractivity contribution in [3.05, 3.63) is 0 Å². The molecule has 5 nitrogen and oxygen atoms in total. The Bertz CT molecular complexity index is 330. The van der Waals surface area contributed by atoms with Crippen molar-refractivity contribution < 1.29 is 9.53 Å². The number of carbonyl (C=O) groups is 1. The van der Waals surface area contributed by atoms with Crippen molar-refractivity contribution in [2.24, 2.45) is 0 Å². The maximum absolute atomic E-state index is 12.2. The molecule has 0 aromatic carbocycles. The molecule has 0 spiro atoms. The second kappa shape index (κ2) is 7.45. The first-order chi connectivity index (χ1) is 10.3. The second-order valence-electron chi connectivity index (χ2n) is 6.64. The number of carbonyl (C=O) groups excluding carboxylic acids is 1. The molecule has 0 radical (unpaired) electrons. The molecule has 2 aliphatic heterocycles. The van der Waals surface area contributed by atoms with Gasteiger partial charge in [-0.1, -0.05) is 19.3 Å². The van der Waals surface area contributed by atoms with Gasteiger partial charge in [0.05, 0.1) is 6.10 Å². The number of hydrogen-bond donors (Lipinski definition) is 1. The predicted molar refractivity (Wildman–Crippen MR) is 82.4 cm³/mol. The van der Waals surface area contributed by atoms with E-state index < -0.39 is 0 Å². The van der Waals surface area contributed by atoms with Crippen LogP contribution < -0.4 is 5.32 Å². The lowest BCUT2D eigenvalue weighted by atomic mass is 9.94. The molecule has 3 rings (SSSR count). The van der Waals surface area contributed by atoms with Crippen LogP contribution in [0.15, 0.2) is 0 Å². The van der Waals surface area contributed by atoms with Crippen LogP contribution >= 0.6 is 0 Å². The third kappa shape index (κ3) is 4.10. The van der Waals surface area contributed by atoms with E-state index in [4.69, 9.17) is 4.74 Å². The van der Waals surface area contributed by atoms with Crippen LogP contribution in [0.5, 0.6) is 0 Å². The molecule has 0 aromatic rings. The fourth-order valence-electron chi connectivity index (χ4n) is 3.85. The topological polar surface area (TPSA) is 44.8 Å². The molecule has 1 saturated carbocycles. The van der Waals surface area contributed by atoms with Crippen molar-refractivity contribution in [3.63, 3.8) is 0 Å². The lowest BCUT2D eigenvalue weighted by Crippen LogP contribution is -2.55. The van der Waals surface area contributed by atoms with E-state index in [2.05, 4.69) is 10.2 Å².